The molecule has 0 saturated carbocycles. The van der Waals surface area contributed by atoms with E-state index < -0.39 is 5.91 Å². The second-order valence-corrected chi connectivity index (χ2v) is 8.19. The third-order valence-electron chi connectivity index (χ3n) is 5.32. The van der Waals surface area contributed by atoms with Gasteiger partial charge in [-0.15, -0.1) is 0 Å². The minimum Gasteiger partial charge on any atom is -0.365 e. The molecule has 1 aromatic heterocycles. The molecule has 0 radical (unpaired) electrons. The molecule has 0 spiro atoms. The van der Waals surface area contributed by atoms with Gasteiger partial charge in [0.1, 0.15) is 11.4 Å². The van der Waals surface area contributed by atoms with Crippen LogP contribution in [0.3, 0.4) is 0 Å². The van der Waals surface area contributed by atoms with Gasteiger partial charge in [0.15, 0.2) is 0 Å². The van der Waals surface area contributed by atoms with Gasteiger partial charge in [-0.05, 0) is 49.5 Å². The summed E-state index contributed by atoms with van der Waals surface area (Å²) in [6, 6.07) is 14.1. The molecule has 2 aromatic carbocycles. The van der Waals surface area contributed by atoms with Gasteiger partial charge in [-0.1, -0.05) is 17.7 Å². The largest absolute Gasteiger partial charge is 0.365 e. The highest BCUT2D eigenvalue weighted by atomic mass is 35.5. The van der Waals surface area contributed by atoms with Crippen LogP contribution in [0.1, 0.15) is 20.7 Å². The van der Waals surface area contributed by atoms with E-state index in [1.54, 1.807) is 48.5 Å². The maximum Gasteiger partial charge on any atom is 0.254 e. The van der Waals surface area contributed by atoms with E-state index in [0.29, 0.717) is 22.0 Å². The van der Waals surface area contributed by atoms with Crippen LogP contribution in [-0.2, 0) is 0 Å². The van der Waals surface area contributed by atoms with Crippen LogP contribution < -0.4 is 16.4 Å². The lowest BCUT2D eigenvalue weighted by atomic mass is 10.1. The maximum absolute atomic E-state index is 12.7. The zero-order valence-corrected chi connectivity index (χ0v) is 18.8. The number of carbonyl (C=O) groups excluding carboxylic acids is 2. The molecule has 0 unspecified atom stereocenters. The van der Waals surface area contributed by atoms with Gasteiger partial charge in [-0.25, -0.2) is 4.98 Å². The molecule has 1 aliphatic heterocycles. The van der Waals surface area contributed by atoms with Crippen molar-refractivity contribution in [3.8, 4) is 0 Å². The Morgan fingerprint density at radius 1 is 1.00 bits per heavy atom. The van der Waals surface area contributed by atoms with E-state index in [9.17, 15) is 9.59 Å². The standard InChI is InChI=1S/C23H24ClN7O2/c1-30-9-11-31(12-10-30)22(33)15-5-7-17(8-6-15)28-23-26-14-19(20(25)32)21(29-23)27-18-4-2-3-16(24)13-18/h2-8,13-14H,9-12H2,1H3,(H2,25,32)(H2,26,27,28,29). The summed E-state index contributed by atoms with van der Waals surface area (Å²) in [5.41, 5.74) is 7.59. The lowest BCUT2D eigenvalue weighted by molar-refractivity contribution is 0.0664. The molecule has 10 heteroatoms. The Hall–Kier alpha value is -3.69. The number of amides is 2. The average molecular weight is 466 g/mol. The van der Waals surface area contributed by atoms with Crippen LogP contribution in [0.25, 0.3) is 0 Å². The fourth-order valence-corrected chi connectivity index (χ4v) is 3.63. The van der Waals surface area contributed by atoms with Gasteiger partial charge in [-0.3, -0.25) is 9.59 Å². The first-order valence-corrected chi connectivity index (χ1v) is 10.8. The number of nitrogens with one attached hydrogen (secondary N) is 2. The highest BCUT2D eigenvalue weighted by molar-refractivity contribution is 6.30. The minimum absolute atomic E-state index is 0.0183. The quantitative estimate of drug-likeness (QED) is 0.512. The summed E-state index contributed by atoms with van der Waals surface area (Å²) >= 11 is 6.04. The first-order valence-electron chi connectivity index (χ1n) is 10.4. The predicted molar refractivity (Wildman–Crippen MR) is 128 cm³/mol. The van der Waals surface area contributed by atoms with E-state index in [4.69, 9.17) is 17.3 Å². The fraction of sp³-hybridized carbons (Fsp3) is 0.217. The summed E-state index contributed by atoms with van der Waals surface area (Å²) < 4.78 is 0. The summed E-state index contributed by atoms with van der Waals surface area (Å²) in [7, 11) is 2.05. The topological polar surface area (TPSA) is 116 Å². The molecule has 1 fully saturated rings. The van der Waals surface area contributed by atoms with Gasteiger partial charge in [0.2, 0.25) is 5.95 Å². The number of piperazine rings is 1. The van der Waals surface area contributed by atoms with Gasteiger partial charge in [0.05, 0.1) is 0 Å². The number of nitrogens with two attached hydrogens (primary N) is 1. The number of hydrogen-bond donors (Lipinski definition) is 3. The van der Waals surface area contributed by atoms with Crippen molar-refractivity contribution in [3.63, 3.8) is 0 Å². The maximum atomic E-state index is 12.7. The normalized spacial score (nSPS) is 14.1. The van der Waals surface area contributed by atoms with Crippen LogP contribution in [0, 0.1) is 0 Å². The molecule has 1 aliphatic rings. The van der Waals surface area contributed by atoms with Crippen LogP contribution in [0.2, 0.25) is 5.02 Å². The van der Waals surface area contributed by atoms with Crippen molar-refractivity contribution in [2.24, 2.45) is 5.73 Å². The Balaban J connectivity index is 1.49. The zero-order valence-electron chi connectivity index (χ0n) is 18.1. The highest BCUT2D eigenvalue weighted by Crippen LogP contribution is 2.23. The molecule has 4 rings (SSSR count). The van der Waals surface area contributed by atoms with Crippen molar-refractivity contribution < 1.29 is 9.59 Å². The van der Waals surface area contributed by atoms with Crippen LogP contribution in [0.4, 0.5) is 23.1 Å². The summed E-state index contributed by atoms with van der Waals surface area (Å²) in [5.74, 6) is -0.116. The number of primary amides is 1. The van der Waals surface area contributed by atoms with E-state index in [0.717, 1.165) is 26.2 Å². The molecule has 1 saturated heterocycles. The molecule has 2 heterocycles. The molecule has 0 bridgehead atoms. The van der Waals surface area contributed by atoms with E-state index in [-0.39, 0.29) is 23.2 Å². The third-order valence-corrected chi connectivity index (χ3v) is 5.56. The van der Waals surface area contributed by atoms with E-state index in [2.05, 4.69) is 32.5 Å². The Morgan fingerprint density at radius 2 is 1.73 bits per heavy atom. The number of anilines is 4. The van der Waals surface area contributed by atoms with Gasteiger partial charge < -0.3 is 26.2 Å². The minimum atomic E-state index is -0.655. The van der Waals surface area contributed by atoms with Crippen molar-refractivity contribution in [2.45, 2.75) is 0 Å². The van der Waals surface area contributed by atoms with Crippen molar-refractivity contribution in [1.82, 2.24) is 19.8 Å². The van der Waals surface area contributed by atoms with Gasteiger partial charge in [0.25, 0.3) is 11.8 Å². The predicted octanol–water partition coefficient (Wildman–Crippen LogP) is 3.10. The smallest absolute Gasteiger partial charge is 0.254 e. The number of benzene rings is 2. The van der Waals surface area contributed by atoms with E-state index >= 15 is 0 Å². The monoisotopic (exact) mass is 465 g/mol. The van der Waals surface area contributed by atoms with Gasteiger partial charge in [0, 0.05) is 54.3 Å². The summed E-state index contributed by atoms with van der Waals surface area (Å²) in [4.78, 5) is 37.2. The first-order chi connectivity index (χ1) is 15.9. The lowest BCUT2D eigenvalue weighted by Crippen LogP contribution is -2.47. The Morgan fingerprint density at radius 3 is 2.39 bits per heavy atom. The molecule has 33 heavy (non-hydrogen) atoms. The molecule has 4 N–H and O–H groups in total. The average Bonchev–Trinajstić information content (AvgIpc) is 2.80. The number of likely N-dealkylation sites (N-methyl/N-ethyl adjacent to an activating group) is 1. The van der Waals surface area contributed by atoms with E-state index in [1.807, 2.05) is 4.90 Å². The Bertz CT molecular complexity index is 1160. The van der Waals surface area contributed by atoms with E-state index in [1.165, 1.54) is 6.20 Å². The zero-order chi connectivity index (χ0) is 23.4. The van der Waals surface area contributed by atoms with Gasteiger partial charge >= 0.3 is 0 Å². The summed E-state index contributed by atoms with van der Waals surface area (Å²) in [6.45, 7) is 3.18. The summed E-state index contributed by atoms with van der Waals surface area (Å²) in [5, 5.41) is 6.68. The molecule has 3 aromatic rings. The summed E-state index contributed by atoms with van der Waals surface area (Å²) in [6.07, 6.45) is 1.36. The molecular weight excluding hydrogens is 442 g/mol. The fourth-order valence-electron chi connectivity index (χ4n) is 3.44. The number of rotatable bonds is 6. The molecule has 0 atom stereocenters. The van der Waals surface area contributed by atoms with Crippen LogP contribution >= 0.6 is 11.6 Å². The Labute approximate surface area is 196 Å². The van der Waals surface area contributed by atoms with Crippen LogP contribution in [0.15, 0.2) is 54.7 Å². The number of hydrogen-bond acceptors (Lipinski definition) is 7. The lowest BCUT2D eigenvalue weighted by Gasteiger charge is -2.32. The SMILES string of the molecule is CN1CCN(C(=O)c2ccc(Nc3ncc(C(N)=O)c(Nc4cccc(Cl)c4)n3)cc2)CC1. The highest BCUT2D eigenvalue weighted by Gasteiger charge is 2.20. The van der Waals surface area contributed by atoms with Crippen molar-refractivity contribution in [1.29, 1.82) is 0 Å². The molecular formula is C23H24ClN7O2. The number of nitrogens with zero attached hydrogens (tertiary/aromatic N) is 4. The molecule has 0 aliphatic carbocycles. The van der Waals surface area contributed by atoms with Crippen molar-refractivity contribution >= 4 is 46.6 Å². The number of halogens is 1. The van der Waals surface area contributed by atoms with Crippen molar-refractivity contribution in [3.05, 3.63) is 70.9 Å². The number of carbonyl (C=O) groups is 2. The van der Waals surface area contributed by atoms with Crippen LogP contribution in [0.5, 0.6) is 0 Å². The second-order valence-electron chi connectivity index (χ2n) is 7.75. The first kappa shape index (κ1) is 22.5. The number of aromatic nitrogens is 2. The molecule has 9 nitrogen and oxygen atoms in total. The second kappa shape index (κ2) is 9.85. The molecule has 170 valence electrons. The Kier molecular flexibility index (Phi) is 6.71. The molecule has 2 amide bonds. The third kappa shape index (κ3) is 5.57. The van der Waals surface area contributed by atoms with Crippen molar-refractivity contribution in [2.75, 3.05) is 43.9 Å². The van der Waals surface area contributed by atoms with Gasteiger partial charge in [-0.2, -0.15) is 4.98 Å². The van der Waals surface area contributed by atoms with Crippen LogP contribution in [-0.4, -0.2) is 64.8 Å².